The molecule has 1 fully saturated rings. The molecular weight excluding hydrogens is 320 g/mol. The third-order valence-corrected chi connectivity index (χ3v) is 4.69. The Labute approximate surface area is 150 Å². The van der Waals surface area contributed by atoms with Crippen LogP contribution in [-0.2, 0) is 11.2 Å². The van der Waals surface area contributed by atoms with Crippen LogP contribution in [0.2, 0.25) is 0 Å². The maximum absolute atomic E-state index is 12.5. The Morgan fingerprint density at radius 3 is 2.12 bits per heavy atom. The number of nitrogens with zero attached hydrogens (tertiary/aromatic N) is 1. The van der Waals surface area contributed by atoms with Gasteiger partial charge in [0, 0.05) is 13.1 Å². The van der Waals surface area contributed by atoms with Crippen molar-refractivity contribution >= 4 is 18.3 Å². The number of hydrogen-bond acceptors (Lipinski definition) is 2. The summed E-state index contributed by atoms with van der Waals surface area (Å²) in [5.74, 6) is 0.644. The summed E-state index contributed by atoms with van der Waals surface area (Å²) in [5, 5.41) is 0. The third kappa shape index (κ3) is 4.59. The van der Waals surface area contributed by atoms with Gasteiger partial charge >= 0.3 is 0 Å². The predicted molar refractivity (Wildman–Crippen MR) is 100 cm³/mol. The highest BCUT2D eigenvalue weighted by Crippen LogP contribution is 2.28. The molecule has 1 unspecified atom stereocenters. The van der Waals surface area contributed by atoms with Gasteiger partial charge in [-0.15, -0.1) is 12.4 Å². The number of piperidine rings is 1. The van der Waals surface area contributed by atoms with Crippen LogP contribution in [-0.4, -0.2) is 29.9 Å². The Kier molecular flexibility index (Phi) is 6.83. The monoisotopic (exact) mass is 344 g/mol. The fraction of sp³-hybridized carbons (Fsp3) is 0.350. The van der Waals surface area contributed by atoms with Gasteiger partial charge in [0.25, 0.3) is 0 Å². The van der Waals surface area contributed by atoms with Gasteiger partial charge in [0.1, 0.15) is 0 Å². The first-order chi connectivity index (χ1) is 11.2. The van der Waals surface area contributed by atoms with E-state index in [-0.39, 0.29) is 18.3 Å². The predicted octanol–water partition coefficient (Wildman–Crippen LogP) is 3.38. The minimum absolute atomic E-state index is 0. The van der Waals surface area contributed by atoms with Crippen molar-refractivity contribution in [3.05, 3.63) is 71.8 Å². The lowest BCUT2D eigenvalue weighted by Crippen LogP contribution is -2.47. The number of benzene rings is 2. The highest BCUT2D eigenvalue weighted by Gasteiger charge is 2.26. The van der Waals surface area contributed by atoms with E-state index in [2.05, 4.69) is 24.3 Å². The van der Waals surface area contributed by atoms with Crippen molar-refractivity contribution in [1.29, 1.82) is 0 Å². The maximum atomic E-state index is 12.5. The van der Waals surface area contributed by atoms with E-state index >= 15 is 0 Å². The molecule has 1 saturated heterocycles. The van der Waals surface area contributed by atoms with Gasteiger partial charge in [0.2, 0.25) is 5.91 Å². The van der Waals surface area contributed by atoms with Crippen molar-refractivity contribution in [2.75, 3.05) is 13.1 Å². The van der Waals surface area contributed by atoms with Gasteiger partial charge in [0.05, 0.1) is 6.04 Å². The molecule has 0 spiro atoms. The summed E-state index contributed by atoms with van der Waals surface area (Å²) in [6, 6.07) is 20.1. The average Bonchev–Trinajstić information content (AvgIpc) is 2.63. The summed E-state index contributed by atoms with van der Waals surface area (Å²) in [4.78, 5) is 14.5. The molecule has 0 aliphatic carbocycles. The summed E-state index contributed by atoms with van der Waals surface area (Å²) in [6.45, 7) is 1.61. The van der Waals surface area contributed by atoms with E-state index in [1.54, 1.807) is 0 Å². The molecule has 1 aliphatic rings. The van der Waals surface area contributed by atoms with Crippen LogP contribution < -0.4 is 5.73 Å². The van der Waals surface area contributed by atoms with E-state index in [9.17, 15) is 4.79 Å². The molecule has 2 aromatic rings. The molecule has 2 aromatic carbocycles. The van der Waals surface area contributed by atoms with Crippen LogP contribution in [0.15, 0.2) is 60.7 Å². The van der Waals surface area contributed by atoms with Gasteiger partial charge in [-0.2, -0.15) is 0 Å². The summed E-state index contributed by atoms with van der Waals surface area (Å²) in [5.41, 5.74) is 8.64. The number of hydrogen-bond donors (Lipinski definition) is 1. The Bertz CT molecular complexity index is 625. The number of rotatable bonds is 4. The van der Waals surface area contributed by atoms with Gasteiger partial charge in [-0.05, 0) is 36.3 Å². The molecule has 128 valence electrons. The van der Waals surface area contributed by atoms with Gasteiger partial charge < -0.3 is 10.6 Å². The quantitative estimate of drug-likeness (QED) is 0.924. The van der Waals surface area contributed by atoms with E-state index in [1.165, 1.54) is 5.56 Å². The molecule has 0 aromatic heterocycles. The van der Waals surface area contributed by atoms with Crippen LogP contribution in [0.3, 0.4) is 0 Å². The van der Waals surface area contributed by atoms with Crippen molar-refractivity contribution in [2.24, 2.45) is 5.73 Å². The van der Waals surface area contributed by atoms with Crippen LogP contribution in [0.25, 0.3) is 0 Å². The lowest BCUT2D eigenvalue weighted by Gasteiger charge is -2.33. The fourth-order valence-electron chi connectivity index (χ4n) is 3.35. The molecule has 1 amide bonds. The first-order valence-corrected chi connectivity index (χ1v) is 8.37. The average molecular weight is 345 g/mol. The smallest absolute Gasteiger partial charge is 0.239 e. The molecule has 3 rings (SSSR count). The fourth-order valence-corrected chi connectivity index (χ4v) is 3.35. The van der Waals surface area contributed by atoms with Crippen molar-refractivity contribution < 1.29 is 4.79 Å². The second-order valence-corrected chi connectivity index (χ2v) is 6.31. The summed E-state index contributed by atoms with van der Waals surface area (Å²) >= 11 is 0. The molecular formula is C20H25ClN2O. The molecule has 0 saturated carbocycles. The summed E-state index contributed by atoms with van der Waals surface area (Å²) in [7, 11) is 0. The van der Waals surface area contributed by atoms with Crippen molar-refractivity contribution in [3.63, 3.8) is 0 Å². The SMILES string of the molecule is Cl.NC(Cc1ccccc1)C(=O)N1CCC(c2ccccc2)CC1. The van der Waals surface area contributed by atoms with Gasteiger partial charge in [-0.25, -0.2) is 0 Å². The van der Waals surface area contributed by atoms with Crippen LogP contribution in [0.4, 0.5) is 0 Å². The highest BCUT2D eigenvalue weighted by molar-refractivity contribution is 5.85. The number of likely N-dealkylation sites (tertiary alicyclic amines) is 1. The first-order valence-electron chi connectivity index (χ1n) is 8.37. The second kappa shape index (κ2) is 8.86. The molecule has 1 atom stereocenters. The Morgan fingerprint density at radius 2 is 1.54 bits per heavy atom. The van der Waals surface area contributed by atoms with Crippen LogP contribution in [0.1, 0.15) is 29.9 Å². The molecule has 2 N–H and O–H groups in total. The van der Waals surface area contributed by atoms with E-state index in [1.807, 2.05) is 41.3 Å². The molecule has 3 nitrogen and oxygen atoms in total. The minimum Gasteiger partial charge on any atom is -0.341 e. The number of carbonyl (C=O) groups excluding carboxylic acids is 1. The summed E-state index contributed by atoms with van der Waals surface area (Å²) < 4.78 is 0. The van der Waals surface area contributed by atoms with Crippen molar-refractivity contribution in [3.8, 4) is 0 Å². The molecule has 4 heteroatoms. The normalized spacial score (nSPS) is 16.3. The number of halogens is 1. The summed E-state index contributed by atoms with van der Waals surface area (Å²) in [6.07, 6.45) is 2.65. The van der Waals surface area contributed by atoms with Gasteiger partial charge in [-0.1, -0.05) is 60.7 Å². The lowest BCUT2D eigenvalue weighted by molar-refractivity contribution is -0.133. The Hall–Kier alpha value is -1.84. The van der Waals surface area contributed by atoms with Gasteiger partial charge in [-0.3, -0.25) is 4.79 Å². The highest BCUT2D eigenvalue weighted by atomic mass is 35.5. The van der Waals surface area contributed by atoms with E-state index in [0.717, 1.165) is 31.5 Å². The van der Waals surface area contributed by atoms with Gasteiger partial charge in [0.15, 0.2) is 0 Å². The van der Waals surface area contributed by atoms with Crippen LogP contribution in [0, 0.1) is 0 Å². The minimum atomic E-state index is -0.439. The van der Waals surface area contributed by atoms with Crippen LogP contribution >= 0.6 is 12.4 Å². The topological polar surface area (TPSA) is 46.3 Å². The molecule has 1 aliphatic heterocycles. The molecule has 0 radical (unpaired) electrons. The third-order valence-electron chi connectivity index (χ3n) is 4.69. The molecule has 0 bridgehead atoms. The Balaban J connectivity index is 0.00000208. The number of nitrogens with two attached hydrogens (primary N) is 1. The largest absolute Gasteiger partial charge is 0.341 e. The second-order valence-electron chi connectivity index (χ2n) is 6.31. The molecule has 1 heterocycles. The first kappa shape index (κ1) is 18.5. The standard InChI is InChI=1S/C20H24N2O.ClH/c21-19(15-16-7-3-1-4-8-16)20(23)22-13-11-18(12-14-22)17-9-5-2-6-10-17;/h1-10,18-19H,11-15,21H2;1H. The van der Waals surface area contributed by atoms with E-state index in [4.69, 9.17) is 5.73 Å². The van der Waals surface area contributed by atoms with Crippen molar-refractivity contribution in [2.45, 2.75) is 31.2 Å². The van der Waals surface area contributed by atoms with E-state index in [0.29, 0.717) is 12.3 Å². The zero-order valence-corrected chi connectivity index (χ0v) is 14.6. The van der Waals surface area contributed by atoms with E-state index < -0.39 is 6.04 Å². The zero-order valence-electron chi connectivity index (χ0n) is 13.8. The maximum Gasteiger partial charge on any atom is 0.239 e. The number of amides is 1. The Morgan fingerprint density at radius 1 is 1.00 bits per heavy atom. The zero-order chi connectivity index (χ0) is 16.1. The van der Waals surface area contributed by atoms with Crippen molar-refractivity contribution in [1.82, 2.24) is 4.90 Å². The van der Waals surface area contributed by atoms with Crippen LogP contribution in [0.5, 0.6) is 0 Å². The number of carbonyl (C=O) groups is 1. The molecule has 24 heavy (non-hydrogen) atoms. The lowest BCUT2D eigenvalue weighted by atomic mass is 9.89.